The van der Waals surface area contributed by atoms with Crippen LogP contribution in [0.3, 0.4) is 0 Å². The summed E-state index contributed by atoms with van der Waals surface area (Å²) < 4.78 is 5.31. The van der Waals surface area contributed by atoms with E-state index < -0.39 is 0 Å². The largest absolute Gasteiger partial charge is 0.341 e. The summed E-state index contributed by atoms with van der Waals surface area (Å²) in [5.41, 5.74) is 28.6. The van der Waals surface area contributed by atoms with Gasteiger partial charge < -0.3 is 18.9 Å². The van der Waals surface area contributed by atoms with E-state index >= 15 is 0 Å². The second-order valence-corrected chi connectivity index (χ2v) is 17.3. The molecule has 4 heteroatoms. The number of rotatable bonds is 5. The number of fused-ring (bicyclic) bond motifs is 8. The maximum absolute atomic E-state index is 2.66. The van der Waals surface area contributed by atoms with Crippen molar-refractivity contribution in [2.75, 3.05) is 22.9 Å². The molecule has 6 aliphatic rings. The van der Waals surface area contributed by atoms with Gasteiger partial charge in [0.05, 0.1) is 11.4 Å². The first-order chi connectivity index (χ1) is 28.6. The third kappa shape index (κ3) is 5.06. The number of aryl methyl sites for hydroxylation is 2. The molecule has 286 valence electrons. The molecule has 0 N–H and O–H groups in total. The van der Waals surface area contributed by atoms with Crippen molar-refractivity contribution < 1.29 is 0 Å². The van der Waals surface area contributed by atoms with Gasteiger partial charge >= 0.3 is 0 Å². The van der Waals surface area contributed by atoms with E-state index in [2.05, 4.69) is 154 Å². The average molecular weight is 755 g/mol. The van der Waals surface area contributed by atoms with Crippen LogP contribution in [0.5, 0.6) is 0 Å². The smallest absolute Gasteiger partial charge is 0.0501 e. The van der Waals surface area contributed by atoms with Crippen LogP contribution in [0.1, 0.15) is 94.7 Å². The van der Waals surface area contributed by atoms with Crippen LogP contribution in [0.15, 0.2) is 120 Å². The van der Waals surface area contributed by atoms with Crippen LogP contribution in [0, 0.1) is 13.8 Å². The van der Waals surface area contributed by atoms with Crippen LogP contribution in [0.25, 0.3) is 46.0 Å². The number of aromatic nitrogens is 2. The van der Waals surface area contributed by atoms with E-state index in [-0.39, 0.29) is 0 Å². The van der Waals surface area contributed by atoms with Crippen molar-refractivity contribution in [2.45, 2.75) is 78.1 Å². The van der Waals surface area contributed by atoms with Crippen molar-refractivity contribution >= 4 is 34.9 Å². The lowest BCUT2D eigenvalue weighted by molar-refractivity contribution is 0.790. The molecule has 2 aromatic heterocycles. The number of hydrogen-bond donors (Lipinski definition) is 0. The van der Waals surface area contributed by atoms with Crippen molar-refractivity contribution in [1.29, 1.82) is 0 Å². The molecule has 0 bridgehead atoms. The molecule has 2 aliphatic heterocycles. The van der Waals surface area contributed by atoms with Crippen LogP contribution >= 0.6 is 0 Å². The lowest BCUT2D eigenvalue weighted by Crippen LogP contribution is -2.20. The Labute approximate surface area is 342 Å². The van der Waals surface area contributed by atoms with Crippen molar-refractivity contribution in [3.63, 3.8) is 0 Å². The highest BCUT2D eigenvalue weighted by atomic mass is 15.2. The molecule has 0 fully saturated rings. The summed E-state index contributed by atoms with van der Waals surface area (Å²) in [4.78, 5) is 5.19. The summed E-state index contributed by atoms with van der Waals surface area (Å²) in [6.07, 6.45) is 20.8. The first-order valence-corrected chi connectivity index (χ1v) is 21.8. The molecule has 58 heavy (non-hydrogen) atoms. The van der Waals surface area contributed by atoms with Crippen LogP contribution in [0.4, 0.5) is 11.4 Å². The molecular formula is C54H50N4. The van der Waals surface area contributed by atoms with Gasteiger partial charge in [0.2, 0.25) is 0 Å². The number of benzene rings is 4. The third-order valence-electron chi connectivity index (χ3n) is 14.1. The Morgan fingerprint density at radius 3 is 1.29 bits per heavy atom. The minimum Gasteiger partial charge on any atom is -0.341 e. The SMILES string of the molecule is Cc1cc(-n2c3c(c4c2CCC2=C4N(c4ccccc4)CC2)C=CCC3)ccc1-c1ccc(-n2c3c(c4c2CCC2=C4N(c4ccccc4)CC2)C=CCC3)cc1C. The van der Waals surface area contributed by atoms with E-state index in [1.807, 2.05) is 0 Å². The number of nitrogens with zero attached hydrogens (tertiary/aromatic N) is 4. The van der Waals surface area contributed by atoms with Gasteiger partial charge in [0.15, 0.2) is 0 Å². The predicted molar refractivity (Wildman–Crippen MR) is 242 cm³/mol. The fourth-order valence-corrected chi connectivity index (χ4v) is 11.6. The molecular weight excluding hydrogens is 705 g/mol. The zero-order valence-electron chi connectivity index (χ0n) is 33.8. The molecule has 4 heterocycles. The molecule has 0 amide bonds. The Morgan fingerprint density at radius 2 is 0.862 bits per heavy atom. The Balaban J connectivity index is 0.918. The first kappa shape index (κ1) is 34.1. The minimum absolute atomic E-state index is 1.07. The quantitative estimate of drug-likeness (QED) is 0.174. The van der Waals surface area contributed by atoms with E-state index in [0.717, 1.165) is 77.3 Å². The van der Waals surface area contributed by atoms with Gasteiger partial charge in [0, 0.05) is 80.9 Å². The molecule has 0 saturated heterocycles. The molecule has 6 aromatic rings. The third-order valence-corrected chi connectivity index (χ3v) is 14.1. The molecule has 4 aliphatic carbocycles. The highest BCUT2D eigenvalue weighted by Gasteiger charge is 2.37. The Hall–Kier alpha value is -6.00. The van der Waals surface area contributed by atoms with E-state index in [1.54, 1.807) is 11.1 Å². The van der Waals surface area contributed by atoms with Crippen molar-refractivity contribution in [1.82, 2.24) is 9.13 Å². The maximum Gasteiger partial charge on any atom is 0.0501 e. The van der Waals surface area contributed by atoms with Crippen LogP contribution in [-0.2, 0) is 25.7 Å². The number of anilines is 2. The first-order valence-electron chi connectivity index (χ1n) is 21.8. The lowest BCUT2D eigenvalue weighted by atomic mass is 9.90. The summed E-state index contributed by atoms with van der Waals surface area (Å²) in [5, 5.41) is 0. The summed E-state index contributed by atoms with van der Waals surface area (Å²) >= 11 is 0. The molecule has 0 spiro atoms. The Kier molecular flexibility index (Phi) is 7.80. The highest BCUT2D eigenvalue weighted by Crippen LogP contribution is 2.49. The molecule has 0 radical (unpaired) electrons. The van der Waals surface area contributed by atoms with Crippen LogP contribution < -0.4 is 9.80 Å². The van der Waals surface area contributed by atoms with Gasteiger partial charge in [-0.15, -0.1) is 0 Å². The summed E-state index contributed by atoms with van der Waals surface area (Å²) in [6.45, 7) is 6.78. The predicted octanol–water partition coefficient (Wildman–Crippen LogP) is 12.6. The Morgan fingerprint density at radius 1 is 0.414 bits per heavy atom. The molecule has 0 atom stereocenters. The molecule has 0 unspecified atom stereocenters. The van der Waals surface area contributed by atoms with Crippen molar-refractivity contribution in [3.8, 4) is 22.5 Å². The van der Waals surface area contributed by atoms with Gasteiger partial charge in [-0.2, -0.15) is 0 Å². The fourth-order valence-electron chi connectivity index (χ4n) is 11.6. The van der Waals surface area contributed by atoms with E-state index in [9.17, 15) is 0 Å². The van der Waals surface area contributed by atoms with E-state index in [0.29, 0.717) is 0 Å². The van der Waals surface area contributed by atoms with E-state index in [4.69, 9.17) is 0 Å². The zero-order valence-corrected chi connectivity index (χ0v) is 33.8. The van der Waals surface area contributed by atoms with Crippen molar-refractivity contribution in [3.05, 3.63) is 177 Å². The molecule has 12 rings (SSSR count). The van der Waals surface area contributed by atoms with Gasteiger partial charge in [0.25, 0.3) is 0 Å². The van der Waals surface area contributed by atoms with E-state index in [1.165, 1.54) is 101 Å². The second kappa shape index (κ2) is 13.3. The maximum atomic E-state index is 2.66. The van der Waals surface area contributed by atoms with Gasteiger partial charge in [-0.05, 0) is 160 Å². The van der Waals surface area contributed by atoms with Gasteiger partial charge in [-0.25, -0.2) is 0 Å². The van der Waals surface area contributed by atoms with Gasteiger partial charge in [0.1, 0.15) is 0 Å². The number of hydrogen-bond acceptors (Lipinski definition) is 2. The average Bonchev–Trinajstić information content (AvgIpc) is 4.05. The lowest BCUT2D eigenvalue weighted by Gasteiger charge is -2.27. The molecule has 0 saturated carbocycles. The monoisotopic (exact) mass is 754 g/mol. The summed E-state index contributed by atoms with van der Waals surface area (Å²) in [5.74, 6) is 0. The normalized spacial score (nSPS) is 17.7. The summed E-state index contributed by atoms with van der Waals surface area (Å²) in [6, 6.07) is 36.6. The standard InChI is InChI=1S/C54H50N4/c1-35-33-41(57-47-19-11-9-17-45(47)51-49(57)27-21-37-29-31-55(53(37)51)39-13-5-3-6-14-39)23-25-43(35)44-26-24-42(34-36(44)2)58-48-20-12-10-18-46(48)52-50(58)28-22-38-30-32-56(54(38)52)40-15-7-4-8-16-40/h3-10,13-18,23-26,33-34H,11-12,19-22,27-32H2,1-2H3. The van der Waals surface area contributed by atoms with Gasteiger partial charge in [-0.3, -0.25) is 0 Å². The summed E-state index contributed by atoms with van der Waals surface area (Å²) in [7, 11) is 0. The Bertz CT molecular complexity index is 2610. The zero-order chi connectivity index (χ0) is 38.5. The highest BCUT2D eigenvalue weighted by molar-refractivity contribution is 5.93. The van der Waals surface area contributed by atoms with Crippen LogP contribution in [0.2, 0.25) is 0 Å². The van der Waals surface area contributed by atoms with Crippen molar-refractivity contribution in [2.24, 2.45) is 0 Å². The number of para-hydroxylation sites is 2. The molecule has 4 aromatic carbocycles. The second-order valence-electron chi connectivity index (χ2n) is 17.3. The van der Waals surface area contributed by atoms with Gasteiger partial charge in [-0.1, -0.05) is 72.8 Å². The topological polar surface area (TPSA) is 16.3 Å². The van der Waals surface area contributed by atoms with Crippen LogP contribution in [-0.4, -0.2) is 22.2 Å². The molecule has 4 nitrogen and oxygen atoms in total. The fraction of sp³-hybridized carbons (Fsp3) is 0.259. The minimum atomic E-state index is 1.07. The number of allylic oxidation sites excluding steroid dienone is 2.